The molecule has 1 atom stereocenters. The summed E-state index contributed by atoms with van der Waals surface area (Å²) in [6.07, 6.45) is 4.54. The maximum Gasteiger partial charge on any atom is 0.310 e. The molecule has 11 heteroatoms. The molecule has 2 aliphatic rings. The number of esters is 1. The standard InChI is InChI=1S/C26H34N4O5S2/c1-5-10-29-22(28-11-7-9-18(16-28)25(33)35-6-2)19(17(3)20(15-27)23(29)31)14-21-24(32)30(26(36)37-21)12-8-13-34-4/h14,18H,5-13,16H2,1-4H3/b21-14+. The van der Waals surface area contributed by atoms with E-state index in [1.807, 2.05) is 11.8 Å². The number of thioether (sulfide) groups is 1. The van der Waals surface area contributed by atoms with Gasteiger partial charge in [-0.3, -0.25) is 23.9 Å². The lowest BCUT2D eigenvalue weighted by Crippen LogP contribution is -2.43. The molecule has 0 N–H and O–H groups in total. The van der Waals surface area contributed by atoms with Crippen molar-refractivity contribution in [1.29, 1.82) is 5.26 Å². The molecule has 0 saturated carbocycles. The minimum Gasteiger partial charge on any atom is -0.466 e. The molecule has 0 bridgehead atoms. The first kappa shape index (κ1) is 28.9. The third-order valence-corrected chi connectivity index (χ3v) is 7.89. The number of thiocarbonyl (C=S) groups is 1. The van der Waals surface area contributed by atoms with Crippen LogP contribution in [0.15, 0.2) is 9.70 Å². The third kappa shape index (κ3) is 6.25. The normalized spacial score (nSPS) is 19.0. The number of carbonyl (C=O) groups excluding carboxylic acids is 2. The number of nitriles is 1. The highest BCUT2D eigenvalue weighted by molar-refractivity contribution is 8.26. The first-order valence-electron chi connectivity index (χ1n) is 12.6. The van der Waals surface area contributed by atoms with Crippen molar-refractivity contribution in [2.75, 3.05) is 44.9 Å². The van der Waals surface area contributed by atoms with Crippen molar-refractivity contribution < 1.29 is 19.1 Å². The quantitative estimate of drug-likeness (QED) is 0.189. The van der Waals surface area contributed by atoms with Crippen LogP contribution < -0.4 is 10.5 Å². The number of pyridine rings is 1. The Morgan fingerprint density at radius 2 is 2.05 bits per heavy atom. The van der Waals surface area contributed by atoms with Gasteiger partial charge in [-0.25, -0.2) is 0 Å². The number of amides is 1. The largest absolute Gasteiger partial charge is 0.466 e. The maximum atomic E-state index is 13.4. The summed E-state index contributed by atoms with van der Waals surface area (Å²) in [6, 6.07) is 2.07. The molecule has 1 amide bonds. The van der Waals surface area contributed by atoms with Gasteiger partial charge in [-0.05, 0) is 51.2 Å². The molecule has 200 valence electrons. The molecule has 3 heterocycles. The van der Waals surface area contributed by atoms with Crippen molar-refractivity contribution in [3.63, 3.8) is 0 Å². The lowest BCUT2D eigenvalue weighted by atomic mass is 9.96. The van der Waals surface area contributed by atoms with E-state index >= 15 is 0 Å². The number of aromatic nitrogens is 1. The minimum atomic E-state index is -0.362. The highest BCUT2D eigenvalue weighted by Crippen LogP contribution is 2.37. The summed E-state index contributed by atoms with van der Waals surface area (Å²) >= 11 is 6.69. The molecular formula is C26H34N4O5S2. The Hall–Kier alpha value is -2.68. The predicted octanol–water partition coefficient (Wildman–Crippen LogP) is 3.46. The highest BCUT2D eigenvalue weighted by Gasteiger charge is 2.34. The second kappa shape index (κ2) is 13.2. The topological polar surface area (TPSA) is 105 Å². The zero-order chi connectivity index (χ0) is 27.1. The minimum absolute atomic E-state index is 0.0537. The first-order chi connectivity index (χ1) is 17.8. The van der Waals surface area contributed by atoms with Crippen LogP contribution in [0.3, 0.4) is 0 Å². The summed E-state index contributed by atoms with van der Waals surface area (Å²) in [7, 11) is 1.61. The van der Waals surface area contributed by atoms with Crippen LogP contribution in [0.2, 0.25) is 0 Å². The van der Waals surface area contributed by atoms with Gasteiger partial charge in [0.2, 0.25) is 0 Å². The lowest BCUT2D eigenvalue weighted by molar-refractivity contribution is -0.148. The van der Waals surface area contributed by atoms with Gasteiger partial charge >= 0.3 is 5.97 Å². The smallest absolute Gasteiger partial charge is 0.310 e. The monoisotopic (exact) mass is 546 g/mol. The molecule has 0 aliphatic carbocycles. The fourth-order valence-corrected chi connectivity index (χ4v) is 6.02. The number of hydrogen-bond donors (Lipinski definition) is 0. The number of anilines is 1. The Morgan fingerprint density at radius 3 is 2.70 bits per heavy atom. The molecule has 0 aromatic carbocycles. The van der Waals surface area contributed by atoms with Gasteiger partial charge in [0.15, 0.2) is 0 Å². The maximum absolute atomic E-state index is 13.4. The third-order valence-electron chi connectivity index (χ3n) is 6.51. The summed E-state index contributed by atoms with van der Waals surface area (Å²) in [6.45, 7) is 8.20. The van der Waals surface area contributed by atoms with E-state index in [0.717, 1.165) is 6.42 Å². The van der Waals surface area contributed by atoms with Gasteiger partial charge in [0.25, 0.3) is 11.5 Å². The van der Waals surface area contributed by atoms with Gasteiger partial charge in [-0.15, -0.1) is 0 Å². The molecule has 1 unspecified atom stereocenters. The Bertz CT molecular complexity index is 1190. The van der Waals surface area contributed by atoms with E-state index in [-0.39, 0.29) is 28.9 Å². The lowest BCUT2D eigenvalue weighted by Gasteiger charge is -2.36. The van der Waals surface area contributed by atoms with Crippen LogP contribution in [0.4, 0.5) is 5.82 Å². The van der Waals surface area contributed by atoms with Crippen LogP contribution in [0, 0.1) is 24.2 Å². The van der Waals surface area contributed by atoms with Crippen molar-refractivity contribution in [3.8, 4) is 6.07 Å². The summed E-state index contributed by atoms with van der Waals surface area (Å²) < 4.78 is 12.5. The number of piperidine rings is 1. The van der Waals surface area contributed by atoms with Crippen molar-refractivity contribution in [2.24, 2.45) is 5.92 Å². The molecule has 37 heavy (non-hydrogen) atoms. The van der Waals surface area contributed by atoms with E-state index in [0.29, 0.717) is 84.8 Å². The molecule has 1 aromatic heterocycles. The van der Waals surface area contributed by atoms with E-state index < -0.39 is 0 Å². The number of carbonyl (C=O) groups is 2. The summed E-state index contributed by atoms with van der Waals surface area (Å²) in [4.78, 5) is 43.2. The van der Waals surface area contributed by atoms with Gasteiger partial charge in [0, 0.05) is 45.5 Å². The van der Waals surface area contributed by atoms with Crippen LogP contribution >= 0.6 is 24.0 Å². The van der Waals surface area contributed by atoms with Crippen LogP contribution in [0.5, 0.6) is 0 Å². The molecule has 1 aromatic rings. The Balaban J connectivity index is 2.14. The first-order valence-corrected chi connectivity index (χ1v) is 13.8. The van der Waals surface area contributed by atoms with Crippen molar-refractivity contribution >= 4 is 52.1 Å². The van der Waals surface area contributed by atoms with E-state index in [4.69, 9.17) is 21.7 Å². The van der Waals surface area contributed by atoms with E-state index in [1.54, 1.807) is 36.5 Å². The second-order valence-corrected chi connectivity index (χ2v) is 10.7. The Kier molecular flexibility index (Phi) is 10.3. The zero-order valence-electron chi connectivity index (χ0n) is 21.9. The molecule has 0 spiro atoms. The fourth-order valence-electron chi connectivity index (χ4n) is 4.73. The number of rotatable bonds is 10. The van der Waals surface area contributed by atoms with Gasteiger partial charge in [-0.1, -0.05) is 30.9 Å². The molecular weight excluding hydrogens is 512 g/mol. The number of ether oxygens (including phenoxy) is 2. The van der Waals surface area contributed by atoms with Crippen molar-refractivity contribution in [3.05, 3.63) is 31.9 Å². The Labute approximate surface area is 227 Å². The van der Waals surface area contributed by atoms with Gasteiger partial charge in [0.1, 0.15) is 21.8 Å². The predicted molar refractivity (Wildman–Crippen MR) is 148 cm³/mol. The number of nitrogens with zero attached hydrogens (tertiary/aromatic N) is 4. The summed E-state index contributed by atoms with van der Waals surface area (Å²) in [5.74, 6) is -0.143. The van der Waals surface area contributed by atoms with Gasteiger partial charge in [-0.2, -0.15) is 5.26 Å². The molecule has 2 aliphatic heterocycles. The Morgan fingerprint density at radius 1 is 1.30 bits per heavy atom. The van der Waals surface area contributed by atoms with Crippen LogP contribution in [0.1, 0.15) is 56.2 Å². The van der Waals surface area contributed by atoms with Gasteiger partial charge < -0.3 is 14.4 Å². The SMILES string of the molecule is CCCn1c(N2CCCC(C(=O)OCC)C2)c(/C=C2/SC(=S)N(CCCOC)C2=O)c(C)c(C#N)c1=O. The van der Waals surface area contributed by atoms with Crippen molar-refractivity contribution in [2.45, 2.75) is 53.0 Å². The number of hydrogen-bond acceptors (Lipinski definition) is 9. The van der Waals surface area contributed by atoms with Crippen LogP contribution in [0.25, 0.3) is 6.08 Å². The molecule has 3 rings (SSSR count). The van der Waals surface area contributed by atoms with E-state index in [2.05, 4.69) is 6.07 Å². The van der Waals surface area contributed by atoms with E-state index in [9.17, 15) is 19.6 Å². The molecule has 9 nitrogen and oxygen atoms in total. The highest BCUT2D eigenvalue weighted by atomic mass is 32.2. The van der Waals surface area contributed by atoms with Crippen LogP contribution in [-0.2, 0) is 25.6 Å². The molecule has 2 saturated heterocycles. The van der Waals surface area contributed by atoms with Crippen molar-refractivity contribution in [1.82, 2.24) is 9.47 Å². The molecule has 2 fully saturated rings. The fraction of sp³-hybridized carbons (Fsp3) is 0.577. The van der Waals surface area contributed by atoms with E-state index in [1.165, 1.54) is 11.8 Å². The average molecular weight is 547 g/mol. The summed E-state index contributed by atoms with van der Waals surface area (Å²) in [5, 5.41) is 9.84. The van der Waals surface area contributed by atoms with Gasteiger partial charge in [0.05, 0.1) is 17.4 Å². The average Bonchev–Trinajstić information content (AvgIpc) is 3.15. The number of methoxy groups -OCH3 is 1. The molecule has 0 radical (unpaired) electrons. The summed E-state index contributed by atoms with van der Waals surface area (Å²) in [5.41, 5.74) is 0.835. The second-order valence-electron chi connectivity index (χ2n) is 9.02. The zero-order valence-corrected chi connectivity index (χ0v) is 23.5. The van der Waals surface area contributed by atoms with Crippen LogP contribution in [-0.4, -0.2) is 65.6 Å².